The topological polar surface area (TPSA) is 34.1 Å². The van der Waals surface area contributed by atoms with Gasteiger partial charge in [0.2, 0.25) is 9.84 Å². The molecule has 0 amide bonds. The van der Waals surface area contributed by atoms with Gasteiger partial charge in [-0.05, 0) is 50.7 Å². The first-order valence-electron chi connectivity index (χ1n) is 12.0. The first kappa shape index (κ1) is 25.6. The molecule has 0 saturated heterocycles. The van der Waals surface area contributed by atoms with Gasteiger partial charge >= 0.3 is 0 Å². The zero-order valence-electron chi connectivity index (χ0n) is 20.5. The van der Waals surface area contributed by atoms with E-state index in [4.69, 9.17) is 0 Å². The predicted octanol–water partition coefficient (Wildman–Crippen LogP) is 8.37. The molecule has 2 nitrogen and oxygen atoms in total. The molecule has 0 aromatic heterocycles. The summed E-state index contributed by atoms with van der Waals surface area (Å²) in [6.45, 7) is 12.5. The molecule has 2 rings (SSSR count). The van der Waals surface area contributed by atoms with Crippen molar-refractivity contribution in [3.63, 3.8) is 0 Å². The van der Waals surface area contributed by atoms with E-state index in [1.165, 1.54) is 12.8 Å². The van der Waals surface area contributed by atoms with Crippen LogP contribution in [0.5, 0.6) is 0 Å². The number of sulfone groups is 1. The predicted molar refractivity (Wildman–Crippen MR) is 135 cm³/mol. The maximum atomic E-state index is 13.8. The molecule has 0 aliphatic heterocycles. The average Bonchev–Trinajstić information content (AvgIpc) is 2.73. The first-order valence-corrected chi connectivity index (χ1v) is 13.5. The minimum absolute atomic E-state index is 0.258. The van der Waals surface area contributed by atoms with Crippen LogP contribution in [0.2, 0.25) is 0 Å². The fourth-order valence-corrected chi connectivity index (χ4v) is 6.27. The molecule has 2 aliphatic carbocycles. The van der Waals surface area contributed by atoms with Crippen molar-refractivity contribution in [1.29, 1.82) is 0 Å². The van der Waals surface area contributed by atoms with Gasteiger partial charge in [-0.2, -0.15) is 0 Å². The van der Waals surface area contributed by atoms with Gasteiger partial charge < -0.3 is 0 Å². The molecule has 172 valence electrons. The third kappa shape index (κ3) is 6.68. The molecule has 0 aromatic carbocycles. The Kier molecular flexibility index (Phi) is 8.94. The van der Waals surface area contributed by atoms with Crippen LogP contribution in [0.15, 0.2) is 69.6 Å². The molecule has 0 saturated carbocycles. The van der Waals surface area contributed by atoms with Gasteiger partial charge in [-0.3, -0.25) is 0 Å². The lowest BCUT2D eigenvalue weighted by Crippen LogP contribution is -2.22. The molecular weight excluding hydrogens is 400 g/mol. The molecule has 0 heterocycles. The highest BCUT2D eigenvalue weighted by atomic mass is 32.2. The lowest BCUT2D eigenvalue weighted by Gasteiger charge is -2.31. The summed E-state index contributed by atoms with van der Waals surface area (Å²) in [5.41, 5.74) is 1.20. The third-order valence-electron chi connectivity index (χ3n) is 6.42. The third-order valence-corrected chi connectivity index (χ3v) is 8.46. The standard InChI is InChI=1S/C28H42O2S/c1-7-9-11-13-17-27(5)19-15-23(3)25(21-27)31(29,30)26-22-28(6,20-16-24(26)4)18-14-12-10-8-2/h13-18,21-22H,7-12,19-20H2,1-6H3. The fraction of sp³-hybridized carbons (Fsp3) is 0.571. The highest BCUT2D eigenvalue weighted by Crippen LogP contribution is 2.43. The SMILES string of the molecule is CCCCC=CC1(C)C=C(S(=O)(=O)C2=CC(C)(C=CCCCC)CC=C2C)C(C)=CC1. The lowest BCUT2D eigenvalue weighted by molar-refractivity contribution is 0.541. The van der Waals surface area contributed by atoms with E-state index >= 15 is 0 Å². The molecule has 2 aliphatic rings. The maximum absolute atomic E-state index is 13.8. The van der Waals surface area contributed by atoms with Crippen LogP contribution in [-0.4, -0.2) is 8.42 Å². The van der Waals surface area contributed by atoms with Gasteiger partial charge in [0.05, 0.1) is 9.81 Å². The molecule has 0 fully saturated rings. The first-order chi connectivity index (χ1) is 14.6. The van der Waals surface area contributed by atoms with E-state index in [0.717, 1.165) is 49.7 Å². The van der Waals surface area contributed by atoms with Gasteiger partial charge in [-0.1, -0.05) is 102 Å². The molecule has 0 aromatic rings. The summed E-state index contributed by atoms with van der Waals surface area (Å²) >= 11 is 0. The normalized spacial score (nSPS) is 27.3. The van der Waals surface area contributed by atoms with E-state index < -0.39 is 9.84 Å². The molecule has 31 heavy (non-hydrogen) atoms. The Morgan fingerprint density at radius 3 is 1.55 bits per heavy atom. The smallest absolute Gasteiger partial charge is 0.206 e. The van der Waals surface area contributed by atoms with Gasteiger partial charge in [0.25, 0.3) is 0 Å². The summed E-state index contributed by atoms with van der Waals surface area (Å²) < 4.78 is 27.6. The second-order valence-corrected chi connectivity index (χ2v) is 11.7. The van der Waals surface area contributed by atoms with Crippen molar-refractivity contribution in [2.75, 3.05) is 0 Å². The molecular formula is C28H42O2S. The molecule has 0 N–H and O–H groups in total. The van der Waals surface area contributed by atoms with Gasteiger partial charge in [0, 0.05) is 10.8 Å². The number of rotatable bonds is 10. The van der Waals surface area contributed by atoms with Gasteiger partial charge in [0.15, 0.2) is 0 Å². The minimum atomic E-state index is -3.58. The van der Waals surface area contributed by atoms with Crippen molar-refractivity contribution >= 4 is 9.84 Å². The highest BCUT2D eigenvalue weighted by molar-refractivity contribution is 7.99. The monoisotopic (exact) mass is 442 g/mol. The average molecular weight is 443 g/mol. The fourth-order valence-electron chi connectivity index (χ4n) is 4.17. The van der Waals surface area contributed by atoms with Gasteiger partial charge in [-0.15, -0.1) is 0 Å². The van der Waals surface area contributed by atoms with Crippen LogP contribution in [0.4, 0.5) is 0 Å². The molecule has 0 bridgehead atoms. The van der Waals surface area contributed by atoms with E-state index in [0.29, 0.717) is 9.81 Å². The van der Waals surface area contributed by atoms with E-state index in [9.17, 15) is 8.42 Å². The molecule has 2 unspecified atom stereocenters. The summed E-state index contributed by atoms with van der Waals surface area (Å²) in [7, 11) is -3.58. The Morgan fingerprint density at radius 2 is 1.19 bits per heavy atom. The second-order valence-electron chi connectivity index (χ2n) is 9.80. The van der Waals surface area contributed by atoms with Crippen LogP contribution >= 0.6 is 0 Å². The number of hydrogen-bond donors (Lipinski definition) is 0. The number of allylic oxidation sites excluding steroid dienone is 10. The van der Waals surface area contributed by atoms with Gasteiger partial charge in [0.1, 0.15) is 0 Å². The zero-order valence-corrected chi connectivity index (χ0v) is 21.3. The molecule has 2 atom stereocenters. The van der Waals surface area contributed by atoms with E-state index in [1.807, 2.05) is 26.0 Å². The molecule has 0 spiro atoms. The van der Waals surface area contributed by atoms with Crippen LogP contribution < -0.4 is 0 Å². The zero-order chi connectivity index (χ0) is 23.1. The number of unbranched alkanes of at least 4 members (excludes halogenated alkanes) is 4. The summed E-state index contributed by atoms with van der Waals surface area (Å²) in [5.74, 6) is 0. The van der Waals surface area contributed by atoms with Crippen molar-refractivity contribution in [2.24, 2.45) is 10.8 Å². The van der Waals surface area contributed by atoms with Crippen LogP contribution in [0.25, 0.3) is 0 Å². The van der Waals surface area contributed by atoms with E-state index in [-0.39, 0.29) is 10.8 Å². The lowest BCUT2D eigenvalue weighted by atomic mass is 9.81. The molecule has 3 heteroatoms. The van der Waals surface area contributed by atoms with Crippen molar-refractivity contribution < 1.29 is 8.42 Å². The van der Waals surface area contributed by atoms with Gasteiger partial charge in [-0.25, -0.2) is 8.42 Å². The van der Waals surface area contributed by atoms with Crippen LogP contribution in [-0.2, 0) is 9.84 Å². The van der Waals surface area contributed by atoms with Crippen molar-refractivity contribution in [3.8, 4) is 0 Å². The van der Waals surface area contributed by atoms with Crippen molar-refractivity contribution in [2.45, 2.75) is 92.9 Å². The van der Waals surface area contributed by atoms with Crippen LogP contribution in [0.3, 0.4) is 0 Å². The summed E-state index contributed by atoms with van der Waals surface area (Å²) in [6, 6.07) is 0. The van der Waals surface area contributed by atoms with Crippen molar-refractivity contribution in [1.82, 2.24) is 0 Å². The quantitative estimate of drug-likeness (QED) is 0.251. The summed E-state index contributed by atoms with van der Waals surface area (Å²) in [6.07, 6.45) is 25.4. The van der Waals surface area contributed by atoms with Crippen LogP contribution in [0, 0.1) is 10.8 Å². The highest BCUT2D eigenvalue weighted by Gasteiger charge is 2.35. The largest absolute Gasteiger partial charge is 0.219 e. The summed E-state index contributed by atoms with van der Waals surface area (Å²) in [4.78, 5) is 0.944. The molecule has 0 radical (unpaired) electrons. The summed E-state index contributed by atoms with van der Waals surface area (Å²) in [5, 5.41) is 0. The van der Waals surface area contributed by atoms with E-state index in [2.05, 4.69) is 64.2 Å². The van der Waals surface area contributed by atoms with Crippen LogP contribution in [0.1, 0.15) is 92.9 Å². The Hall–Kier alpha value is -1.61. The Morgan fingerprint density at radius 1 is 0.806 bits per heavy atom. The second kappa shape index (κ2) is 10.8. The Labute approximate surface area is 191 Å². The Bertz CT molecular complexity index is 854. The van der Waals surface area contributed by atoms with E-state index in [1.54, 1.807) is 0 Å². The van der Waals surface area contributed by atoms with Crippen molar-refractivity contribution in [3.05, 3.63) is 69.6 Å². The minimum Gasteiger partial charge on any atom is -0.219 e. The number of hydrogen-bond acceptors (Lipinski definition) is 2. The Balaban J connectivity index is 2.40. The maximum Gasteiger partial charge on any atom is 0.206 e.